The lowest BCUT2D eigenvalue weighted by Crippen LogP contribution is -2.08. The van der Waals surface area contributed by atoms with Crippen molar-refractivity contribution in [1.82, 2.24) is 43.6 Å². The van der Waals surface area contributed by atoms with E-state index in [1.807, 2.05) is 23.5 Å². The first-order chi connectivity index (χ1) is 65.3. The van der Waals surface area contributed by atoms with Crippen molar-refractivity contribution in [3.8, 4) is 85.4 Å². The largest absolute Gasteiger partial charge is 0.456 e. The van der Waals surface area contributed by atoms with Gasteiger partial charge in [0.15, 0.2) is 29.1 Å². The Bertz CT molecular complexity index is 10200. The van der Waals surface area contributed by atoms with Crippen molar-refractivity contribution in [3.05, 3.63) is 382 Å². The average molecular weight is 1740 g/mol. The maximum Gasteiger partial charge on any atom is 0.238 e. The van der Waals surface area contributed by atoms with E-state index in [2.05, 4.69) is 384 Å². The number of thiophene rings is 3. The molecule has 30 aromatic rings. The summed E-state index contributed by atoms with van der Waals surface area (Å²) in [5.41, 5.74) is 17.8. The smallest absolute Gasteiger partial charge is 0.238 e. The molecule has 0 N–H and O–H groups in total. The van der Waals surface area contributed by atoms with Crippen molar-refractivity contribution in [1.29, 1.82) is 0 Å². The summed E-state index contributed by atoms with van der Waals surface area (Å²) in [6.45, 7) is 0. The van der Waals surface area contributed by atoms with E-state index in [9.17, 15) is 0 Å². The lowest BCUT2D eigenvalue weighted by Gasteiger charge is -2.16. The molecule has 30 rings (SSSR count). The van der Waals surface area contributed by atoms with Crippen LogP contribution < -0.4 is 0 Å². The highest BCUT2D eigenvalue weighted by atomic mass is 32.1. The van der Waals surface area contributed by atoms with Gasteiger partial charge in [-0.3, -0.25) is 4.57 Å². The summed E-state index contributed by atoms with van der Waals surface area (Å²) in [7, 11) is 0. The normalized spacial score (nSPS) is 12.4. The molecule has 0 radical (unpaired) electrons. The highest BCUT2D eigenvalue weighted by Crippen LogP contribution is 2.50. The molecular weight excluding hydrogens is 1670 g/mol. The molecule has 0 spiro atoms. The summed E-state index contributed by atoms with van der Waals surface area (Å²) in [6.07, 6.45) is 0. The molecule has 10 heterocycles. The van der Waals surface area contributed by atoms with Gasteiger partial charge in [-0.1, -0.05) is 249 Å². The highest BCUT2D eigenvalue weighted by molar-refractivity contribution is 7.27. The SMILES string of the molecule is c1ccc2cc3c(cc2c1)c1cc2ccccc2cc1n3-c1cc2oc3ccccc3c2cc1-c1nc(-c2ccc3c(c2)sc2ccccc23)nc(-c2ccc3c(c2)sc2cc(-c4cccc5c4sc4ccc(-c6nc(-c7cc8c(cc7-n7c9cc%10ccccc%10cc9c9c%10ccccc%10ccc97)oc7ccccc78)nc(-n7c8ccccc8c8ccccc87)n6)cc45)ccc23)n1. The van der Waals surface area contributed by atoms with Gasteiger partial charge < -0.3 is 18.0 Å². The van der Waals surface area contributed by atoms with E-state index in [0.717, 1.165) is 196 Å². The zero-order valence-electron chi connectivity index (χ0n) is 69.9. The standard InChI is InChI=1S/C118H63N9O2S3/c1-4-24-68-54-97-86(50-65(68)21-1)87-51-66-22-2-5-25-69(66)55-98(87)126(97)101-63-105-88(79-30-11-16-37-102(79)129-105)60-92(101)116-120-113(73-41-46-82-81-32-13-18-39-106(81)130-109(82)58-73)119-114(121-116)74-42-47-84-83-45-40-71(57-108(83)131-110(84)59-74)76-33-19-34-85-90-53-72(44-49-107(90)132-112(76)85)115-122-117(124-118(123-115)127-94-35-14-9-28-77(94)78-29-10-15-36-95(78)127)93-61-89-80-31-12-17-38-103(80)128-104(89)62-100(93)125-96-48-43-64-20-7-8-27-75(64)111(96)91-52-67-23-3-6-26-70(67)56-99(91)125/h1-63H. The van der Waals surface area contributed by atoms with Crippen molar-refractivity contribution >= 4 is 247 Å². The minimum atomic E-state index is 0.508. The molecule has 0 aliphatic carbocycles. The third-order valence-corrected chi connectivity index (χ3v) is 30.9. The van der Waals surface area contributed by atoms with Crippen molar-refractivity contribution in [2.45, 2.75) is 0 Å². The number of para-hydroxylation sites is 4. The van der Waals surface area contributed by atoms with Crippen LogP contribution in [-0.2, 0) is 0 Å². The lowest BCUT2D eigenvalue weighted by molar-refractivity contribution is 0.668. The Morgan fingerprint density at radius 2 is 0.598 bits per heavy atom. The molecule has 0 saturated carbocycles. The zero-order chi connectivity index (χ0) is 85.8. The van der Waals surface area contributed by atoms with Gasteiger partial charge in [-0.05, 0) is 176 Å². The number of furan rings is 2. The van der Waals surface area contributed by atoms with Crippen LogP contribution in [0.2, 0.25) is 0 Å². The van der Waals surface area contributed by atoms with Gasteiger partial charge >= 0.3 is 0 Å². The number of nitrogens with zero attached hydrogens (tertiary/aromatic N) is 9. The predicted octanol–water partition coefficient (Wildman–Crippen LogP) is 32.9. The zero-order valence-corrected chi connectivity index (χ0v) is 72.4. The fourth-order valence-electron chi connectivity index (χ4n) is 21.3. The van der Waals surface area contributed by atoms with Crippen LogP contribution in [0.15, 0.2) is 391 Å². The van der Waals surface area contributed by atoms with Crippen LogP contribution >= 0.6 is 34.0 Å². The van der Waals surface area contributed by atoms with E-state index in [4.69, 9.17) is 38.7 Å². The molecule has 0 aliphatic heterocycles. The average Bonchev–Trinajstić information content (AvgIpc) is 1.55. The Kier molecular flexibility index (Phi) is 14.9. The molecule has 0 atom stereocenters. The van der Waals surface area contributed by atoms with Gasteiger partial charge in [0.05, 0.1) is 44.5 Å². The maximum absolute atomic E-state index is 6.89. The molecule has 0 amide bonds. The van der Waals surface area contributed by atoms with E-state index >= 15 is 0 Å². The van der Waals surface area contributed by atoms with Crippen LogP contribution in [0.25, 0.3) is 298 Å². The van der Waals surface area contributed by atoms with Crippen LogP contribution in [0.4, 0.5) is 0 Å². The summed E-state index contributed by atoms with van der Waals surface area (Å²) in [5, 5.41) is 27.2. The van der Waals surface area contributed by atoms with E-state index < -0.39 is 0 Å². The maximum atomic E-state index is 6.89. The number of benzene rings is 20. The second-order valence-electron chi connectivity index (χ2n) is 34.7. The third-order valence-electron chi connectivity index (χ3n) is 27.4. The number of hydrogen-bond donors (Lipinski definition) is 0. The van der Waals surface area contributed by atoms with Crippen molar-refractivity contribution in [2.24, 2.45) is 0 Å². The Hall–Kier alpha value is -16.9. The van der Waals surface area contributed by atoms with Crippen LogP contribution in [0, 0.1) is 0 Å². The van der Waals surface area contributed by atoms with Crippen LogP contribution in [0.3, 0.4) is 0 Å². The van der Waals surface area contributed by atoms with Gasteiger partial charge in [-0.2, -0.15) is 9.97 Å². The number of rotatable bonds is 9. The highest BCUT2D eigenvalue weighted by Gasteiger charge is 2.29. The lowest BCUT2D eigenvalue weighted by atomic mass is 10.0. The molecule has 0 aliphatic rings. The first-order valence-electron chi connectivity index (χ1n) is 44.3. The van der Waals surface area contributed by atoms with E-state index in [1.54, 1.807) is 22.7 Å². The fourth-order valence-corrected chi connectivity index (χ4v) is 24.9. The summed E-state index contributed by atoms with van der Waals surface area (Å²) in [4.78, 5) is 34.1. The topological polar surface area (TPSA) is 118 Å². The monoisotopic (exact) mass is 1730 g/mol. The Morgan fingerprint density at radius 3 is 1.19 bits per heavy atom. The van der Waals surface area contributed by atoms with Crippen LogP contribution in [-0.4, -0.2) is 43.6 Å². The summed E-state index contributed by atoms with van der Waals surface area (Å²) < 4.78 is 27.9. The molecule has 0 saturated heterocycles. The van der Waals surface area contributed by atoms with E-state index in [-0.39, 0.29) is 0 Å². The van der Waals surface area contributed by atoms with E-state index in [0.29, 0.717) is 35.1 Å². The second-order valence-corrected chi connectivity index (χ2v) is 37.9. The number of fused-ring (bicyclic) bond motifs is 29. The van der Waals surface area contributed by atoms with Gasteiger partial charge in [-0.25, -0.2) is 19.9 Å². The first-order valence-corrected chi connectivity index (χ1v) is 46.8. The molecule has 0 unspecified atom stereocenters. The molecule has 0 bridgehead atoms. The first kappa shape index (κ1) is 72.2. The Morgan fingerprint density at radius 1 is 0.189 bits per heavy atom. The molecular formula is C118H63N9O2S3. The minimum Gasteiger partial charge on any atom is -0.456 e. The molecule has 20 aromatic carbocycles. The minimum absolute atomic E-state index is 0.508. The molecule has 132 heavy (non-hydrogen) atoms. The number of hydrogen-bond acceptors (Lipinski definition) is 11. The molecule has 0 fully saturated rings. The Balaban J connectivity index is 0.578. The van der Waals surface area contributed by atoms with Gasteiger partial charge in [0.1, 0.15) is 22.3 Å². The predicted molar refractivity (Wildman–Crippen MR) is 552 cm³/mol. The van der Waals surface area contributed by atoms with Gasteiger partial charge in [0.25, 0.3) is 0 Å². The third kappa shape index (κ3) is 10.7. The summed E-state index contributed by atoms with van der Waals surface area (Å²) in [6, 6.07) is 139. The number of aromatic nitrogens is 9. The van der Waals surface area contributed by atoms with Gasteiger partial charge in [-0.15, -0.1) is 34.0 Å². The van der Waals surface area contributed by atoms with E-state index in [1.165, 1.54) is 67.3 Å². The molecule has 610 valence electrons. The van der Waals surface area contributed by atoms with Gasteiger partial charge in [0, 0.05) is 154 Å². The Labute approximate surface area is 761 Å². The van der Waals surface area contributed by atoms with Crippen molar-refractivity contribution in [3.63, 3.8) is 0 Å². The summed E-state index contributed by atoms with van der Waals surface area (Å²) in [5.74, 6) is 3.27. The quantitative estimate of drug-likeness (QED) is 0.140. The van der Waals surface area contributed by atoms with Crippen LogP contribution in [0.5, 0.6) is 0 Å². The van der Waals surface area contributed by atoms with Crippen molar-refractivity contribution < 1.29 is 8.83 Å². The molecule has 10 aromatic heterocycles. The van der Waals surface area contributed by atoms with Crippen LogP contribution in [0.1, 0.15) is 0 Å². The molecule has 11 nitrogen and oxygen atoms in total. The fraction of sp³-hybridized carbons (Fsp3) is 0. The van der Waals surface area contributed by atoms with Gasteiger partial charge in [0.2, 0.25) is 5.95 Å². The van der Waals surface area contributed by atoms with Crippen molar-refractivity contribution in [2.75, 3.05) is 0 Å². The second kappa shape index (κ2) is 27.3. The molecule has 14 heteroatoms. The summed E-state index contributed by atoms with van der Waals surface area (Å²) >= 11 is 5.41.